The Morgan fingerprint density at radius 1 is 1.09 bits per heavy atom. The number of benzene rings is 3. The first-order valence-electron chi connectivity index (χ1n) is 9.54. The number of fused-ring (bicyclic) bond motifs is 1. The predicted octanol–water partition coefficient (Wildman–Crippen LogP) is 6.14. The van der Waals surface area contributed by atoms with E-state index in [9.17, 15) is 31.5 Å². The molecule has 0 unspecified atom stereocenters. The summed E-state index contributed by atoms with van der Waals surface area (Å²) in [5.74, 6) is -3.19. The molecule has 0 aromatic heterocycles. The number of anilines is 1. The number of hydrogen-bond donors (Lipinski definition) is 2. The number of rotatable bonds is 3. The van der Waals surface area contributed by atoms with Crippen LogP contribution in [0.3, 0.4) is 0 Å². The minimum absolute atomic E-state index is 0.106. The molecule has 0 bridgehead atoms. The van der Waals surface area contributed by atoms with Crippen LogP contribution in [0.5, 0.6) is 0 Å². The minimum Gasteiger partial charge on any atom is -0.341 e. The normalized spacial score (nSPS) is 15.2. The van der Waals surface area contributed by atoms with E-state index in [4.69, 9.17) is 0 Å². The van der Waals surface area contributed by atoms with Gasteiger partial charge in [-0.05, 0) is 54.4 Å². The molecule has 0 fully saturated rings. The number of hydrogen-bond acceptors (Lipinski definition) is 2. The highest BCUT2D eigenvalue weighted by Crippen LogP contribution is 2.40. The predicted molar refractivity (Wildman–Crippen MR) is 114 cm³/mol. The molecule has 1 atom stereocenters. The number of carbonyl (C=O) groups excluding carboxylic acids is 2. The zero-order valence-electron chi connectivity index (χ0n) is 16.8. The fourth-order valence-corrected chi connectivity index (χ4v) is 4.21. The molecule has 0 aliphatic carbocycles. The summed E-state index contributed by atoms with van der Waals surface area (Å²) in [6.07, 6.45) is -4.84. The molecule has 0 saturated heterocycles. The summed E-state index contributed by atoms with van der Waals surface area (Å²) in [5, 5.41) is 5.21. The van der Waals surface area contributed by atoms with Gasteiger partial charge in [-0.1, -0.05) is 28.1 Å². The lowest BCUT2D eigenvalue weighted by Crippen LogP contribution is -2.21. The second-order valence-corrected chi connectivity index (χ2v) is 8.37. The van der Waals surface area contributed by atoms with Crippen molar-refractivity contribution in [2.45, 2.75) is 19.1 Å². The lowest BCUT2D eigenvalue weighted by atomic mass is 9.93. The Kier molecular flexibility index (Phi) is 5.73. The zero-order valence-corrected chi connectivity index (χ0v) is 18.4. The van der Waals surface area contributed by atoms with E-state index in [1.807, 2.05) is 0 Å². The number of halogens is 6. The summed E-state index contributed by atoms with van der Waals surface area (Å²) < 4.78 is 67.5. The zero-order chi connectivity index (χ0) is 24.1. The average molecular weight is 525 g/mol. The van der Waals surface area contributed by atoms with Crippen molar-refractivity contribution in [3.05, 3.63) is 98.0 Å². The lowest BCUT2D eigenvalue weighted by Gasteiger charge is -2.19. The van der Waals surface area contributed by atoms with Gasteiger partial charge < -0.3 is 10.6 Å². The molecule has 1 aliphatic heterocycles. The van der Waals surface area contributed by atoms with Gasteiger partial charge in [0, 0.05) is 26.9 Å². The van der Waals surface area contributed by atoms with Crippen LogP contribution in [0, 0.1) is 18.6 Å². The SMILES string of the molecule is Cc1c(F)cccc1[C@H]1NC(=O)c2cc(Br)cc(NC(=O)c3cc(F)cc(C(F)(F)F)c3)c21. The molecule has 4 nitrogen and oxygen atoms in total. The van der Waals surface area contributed by atoms with Gasteiger partial charge in [-0.3, -0.25) is 9.59 Å². The van der Waals surface area contributed by atoms with E-state index in [0.29, 0.717) is 33.8 Å². The number of alkyl halides is 3. The lowest BCUT2D eigenvalue weighted by molar-refractivity contribution is -0.137. The van der Waals surface area contributed by atoms with Crippen LogP contribution in [0.15, 0.2) is 53.0 Å². The van der Waals surface area contributed by atoms with E-state index in [-0.39, 0.29) is 16.8 Å². The van der Waals surface area contributed by atoms with Crippen LogP contribution in [-0.2, 0) is 6.18 Å². The molecule has 2 N–H and O–H groups in total. The van der Waals surface area contributed by atoms with Crippen LogP contribution < -0.4 is 10.6 Å². The van der Waals surface area contributed by atoms with Gasteiger partial charge in [0.1, 0.15) is 11.6 Å². The second-order valence-electron chi connectivity index (χ2n) is 7.46. The minimum atomic E-state index is -4.84. The maximum atomic E-state index is 14.2. The Morgan fingerprint density at radius 3 is 2.52 bits per heavy atom. The molecule has 2 amide bonds. The molecule has 170 valence electrons. The van der Waals surface area contributed by atoms with E-state index < -0.39 is 46.8 Å². The van der Waals surface area contributed by atoms with Crippen LogP contribution in [0.2, 0.25) is 0 Å². The van der Waals surface area contributed by atoms with Crippen LogP contribution in [0.4, 0.5) is 27.6 Å². The summed E-state index contributed by atoms with van der Waals surface area (Å²) in [6.45, 7) is 1.54. The molecule has 0 saturated carbocycles. The van der Waals surface area contributed by atoms with Crippen molar-refractivity contribution < 1.29 is 31.5 Å². The summed E-state index contributed by atoms with van der Waals surface area (Å²) in [6, 6.07) is 8.03. The van der Waals surface area contributed by atoms with Gasteiger partial charge in [-0.25, -0.2) is 8.78 Å². The quantitative estimate of drug-likeness (QED) is 0.404. The van der Waals surface area contributed by atoms with E-state index in [1.54, 1.807) is 6.07 Å². The Hall–Kier alpha value is -3.27. The molecular weight excluding hydrogens is 511 g/mol. The third-order valence-corrected chi connectivity index (χ3v) is 5.77. The fraction of sp³-hybridized carbons (Fsp3) is 0.130. The van der Waals surface area contributed by atoms with E-state index in [1.165, 1.54) is 31.2 Å². The molecule has 3 aromatic carbocycles. The van der Waals surface area contributed by atoms with E-state index in [0.717, 1.165) is 0 Å². The topological polar surface area (TPSA) is 58.2 Å². The highest BCUT2D eigenvalue weighted by molar-refractivity contribution is 9.10. The van der Waals surface area contributed by atoms with Gasteiger partial charge >= 0.3 is 6.18 Å². The van der Waals surface area contributed by atoms with Gasteiger partial charge in [0.25, 0.3) is 11.8 Å². The summed E-state index contributed by atoms with van der Waals surface area (Å²) in [7, 11) is 0. The first-order valence-corrected chi connectivity index (χ1v) is 10.3. The van der Waals surface area contributed by atoms with E-state index in [2.05, 4.69) is 26.6 Å². The standard InChI is InChI=1S/C23H14BrF5N2O2/c1-10-15(3-2-4-17(10)26)20-19-16(22(33)31-20)8-13(24)9-18(19)30-21(32)11-5-12(23(27,28)29)7-14(25)6-11/h2-9,20H,1H3,(H,30,32)(H,31,33)/t20-/m1/s1. The first kappa shape index (κ1) is 22.9. The Bertz CT molecular complexity index is 1310. The van der Waals surface area contributed by atoms with Crippen molar-refractivity contribution in [3.63, 3.8) is 0 Å². The highest BCUT2D eigenvalue weighted by Gasteiger charge is 2.35. The van der Waals surface area contributed by atoms with Crippen LogP contribution >= 0.6 is 15.9 Å². The Balaban J connectivity index is 1.79. The van der Waals surface area contributed by atoms with Crippen molar-refractivity contribution in [3.8, 4) is 0 Å². The molecule has 0 spiro atoms. The number of amides is 2. The highest BCUT2D eigenvalue weighted by atomic mass is 79.9. The smallest absolute Gasteiger partial charge is 0.341 e. The van der Waals surface area contributed by atoms with Crippen molar-refractivity contribution in [2.24, 2.45) is 0 Å². The molecule has 33 heavy (non-hydrogen) atoms. The van der Waals surface area contributed by atoms with Crippen molar-refractivity contribution in [2.75, 3.05) is 5.32 Å². The largest absolute Gasteiger partial charge is 0.416 e. The molecule has 3 aromatic rings. The Morgan fingerprint density at radius 2 is 1.82 bits per heavy atom. The van der Waals surface area contributed by atoms with Crippen LogP contribution in [-0.4, -0.2) is 11.8 Å². The van der Waals surface area contributed by atoms with Crippen LogP contribution in [0.1, 0.15) is 49.0 Å². The fourth-order valence-electron chi connectivity index (χ4n) is 3.75. The van der Waals surface area contributed by atoms with E-state index >= 15 is 0 Å². The van der Waals surface area contributed by atoms with Gasteiger partial charge in [0.2, 0.25) is 0 Å². The van der Waals surface area contributed by atoms with Gasteiger partial charge in [0.05, 0.1) is 11.6 Å². The van der Waals surface area contributed by atoms with Crippen molar-refractivity contribution in [1.82, 2.24) is 5.32 Å². The molecule has 1 aliphatic rings. The Labute approximate surface area is 192 Å². The van der Waals surface area contributed by atoms with Crippen molar-refractivity contribution in [1.29, 1.82) is 0 Å². The molecular formula is C23H14BrF5N2O2. The number of nitrogens with one attached hydrogen (secondary N) is 2. The average Bonchev–Trinajstić information content (AvgIpc) is 3.05. The van der Waals surface area contributed by atoms with Gasteiger partial charge in [-0.15, -0.1) is 0 Å². The molecule has 10 heteroatoms. The molecule has 4 rings (SSSR count). The van der Waals surface area contributed by atoms with Gasteiger partial charge in [0.15, 0.2) is 0 Å². The third-order valence-electron chi connectivity index (χ3n) is 5.31. The molecule has 0 radical (unpaired) electrons. The van der Waals surface area contributed by atoms with Crippen molar-refractivity contribution >= 4 is 33.4 Å². The summed E-state index contributed by atoms with van der Waals surface area (Å²) in [4.78, 5) is 25.4. The monoisotopic (exact) mass is 524 g/mol. The van der Waals surface area contributed by atoms with Crippen LogP contribution in [0.25, 0.3) is 0 Å². The molecule has 1 heterocycles. The number of carbonyl (C=O) groups is 2. The second kappa shape index (κ2) is 8.26. The maximum absolute atomic E-state index is 14.2. The third kappa shape index (κ3) is 4.35. The summed E-state index contributed by atoms with van der Waals surface area (Å²) >= 11 is 3.24. The van der Waals surface area contributed by atoms with Gasteiger partial charge in [-0.2, -0.15) is 13.2 Å². The first-order chi connectivity index (χ1) is 15.5. The maximum Gasteiger partial charge on any atom is 0.416 e. The summed E-state index contributed by atoms with van der Waals surface area (Å²) in [5.41, 5.74) is -0.500.